The Balaban J connectivity index is 2.18. The fraction of sp³-hybridized carbons (Fsp3) is 0.462. The molecule has 0 amide bonds. The van der Waals surface area contributed by atoms with Gasteiger partial charge in [0.25, 0.3) is 0 Å². The molecule has 0 unspecified atom stereocenters. The van der Waals surface area contributed by atoms with Crippen LogP contribution >= 0.6 is 11.6 Å². The van der Waals surface area contributed by atoms with Crippen molar-refractivity contribution in [3.63, 3.8) is 0 Å². The molecule has 2 aromatic rings. The highest BCUT2D eigenvalue weighted by atomic mass is 35.5. The van der Waals surface area contributed by atoms with Gasteiger partial charge >= 0.3 is 6.01 Å². The second kappa shape index (κ2) is 6.09. The third kappa shape index (κ3) is 3.60. The Labute approximate surface area is 122 Å². The maximum Gasteiger partial charge on any atom is 0.322 e. The van der Waals surface area contributed by atoms with Crippen molar-refractivity contribution in [1.29, 1.82) is 0 Å². The lowest BCUT2D eigenvalue weighted by atomic mass is 10.2. The third-order valence-corrected chi connectivity index (χ3v) is 2.80. The average molecular weight is 297 g/mol. The first-order chi connectivity index (χ1) is 9.45. The van der Waals surface area contributed by atoms with Crippen LogP contribution in [0.15, 0.2) is 16.7 Å². The first-order valence-electron chi connectivity index (χ1n) is 6.28. The van der Waals surface area contributed by atoms with E-state index in [2.05, 4.69) is 15.0 Å². The summed E-state index contributed by atoms with van der Waals surface area (Å²) in [6.45, 7) is 6.33. The van der Waals surface area contributed by atoms with Crippen molar-refractivity contribution < 1.29 is 9.15 Å². The van der Waals surface area contributed by atoms with Gasteiger partial charge in [0.2, 0.25) is 11.2 Å². The van der Waals surface area contributed by atoms with Crippen molar-refractivity contribution in [1.82, 2.24) is 15.0 Å². The van der Waals surface area contributed by atoms with Crippen molar-refractivity contribution in [3.05, 3.63) is 28.9 Å². The van der Waals surface area contributed by atoms with Gasteiger partial charge in [-0.1, -0.05) is 0 Å². The van der Waals surface area contributed by atoms with Crippen molar-refractivity contribution >= 4 is 17.5 Å². The minimum Gasteiger partial charge on any atom is -0.469 e. The van der Waals surface area contributed by atoms with E-state index in [1.807, 2.05) is 38.8 Å². The number of nitrogens with zero attached hydrogens (tertiary/aromatic N) is 4. The van der Waals surface area contributed by atoms with Crippen LogP contribution in [0.3, 0.4) is 0 Å². The van der Waals surface area contributed by atoms with E-state index in [-0.39, 0.29) is 17.4 Å². The molecule has 0 saturated heterocycles. The SMILES string of the molecule is Cc1occc1CN(C)c1nc(Cl)nc(OC(C)C)n1. The Hall–Kier alpha value is -1.82. The fourth-order valence-electron chi connectivity index (χ4n) is 1.66. The number of halogens is 1. The molecule has 2 aromatic heterocycles. The quantitative estimate of drug-likeness (QED) is 0.845. The summed E-state index contributed by atoms with van der Waals surface area (Å²) in [6, 6.07) is 2.14. The van der Waals surface area contributed by atoms with Crippen LogP contribution in [0.25, 0.3) is 0 Å². The van der Waals surface area contributed by atoms with Crippen molar-refractivity contribution in [2.24, 2.45) is 0 Å². The number of hydrogen-bond acceptors (Lipinski definition) is 6. The average Bonchev–Trinajstić information content (AvgIpc) is 2.73. The van der Waals surface area contributed by atoms with Crippen LogP contribution in [0.1, 0.15) is 25.2 Å². The summed E-state index contributed by atoms with van der Waals surface area (Å²) in [4.78, 5) is 14.2. The summed E-state index contributed by atoms with van der Waals surface area (Å²) >= 11 is 5.90. The zero-order valence-electron chi connectivity index (χ0n) is 11.9. The monoisotopic (exact) mass is 296 g/mol. The smallest absolute Gasteiger partial charge is 0.322 e. The van der Waals surface area contributed by atoms with Gasteiger partial charge in [-0.15, -0.1) is 0 Å². The molecule has 0 aromatic carbocycles. The molecule has 0 aliphatic carbocycles. The number of furan rings is 1. The summed E-state index contributed by atoms with van der Waals surface area (Å²) in [6.07, 6.45) is 1.63. The largest absolute Gasteiger partial charge is 0.469 e. The lowest BCUT2D eigenvalue weighted by Crippen LogP contribution is -2.20. The molecule has 0 bridgehead atoms. The Bertz CT molecular complexity index is 586. The number of anilines is 1. The van der Waals surface area contributed by atoms with E-state index in [0.29, 0.717) is 12.5 Å². The van der Waals surface area contributed by atoms with Gasteiger partial charge in [0.05, 0.1) is 12.4 Å². The molecule has 2 heterocycles. The number of hydrogen-bond donors (Lipinski definition) is 0. The van der Waals surface area contributed by atoms with Gasteiger partial charge in [-0.25, -0.2) is 0 Å². The van der Waals surface area contributed by atoms with Crippen LogP contribution in [0.4, 0.5) is 5.95 Å². The standard InChI is InChI=1S/C13H17ClN4O2/c1-8(2)20-13-16-11(14)15-12(17-13)18(4)7-10-5-6-19-9(10)3/h5-6,8H,7H2,1-4H3. The Morgan fingerprint density at radius 2 is 2.10 bits per heavy atom. The van der Waals surface area contributed by atoms with Crippen LogP contribution in [0, 0.1) is 6.92 Å². The summed E-state index contributed by atoms with van der Waals surface area (Å²) in [5, 5.41) is 0.112. The molecule has 0 aliphatic heterocycles. The molecule has 0 fully saturated rings. The van der Waals surface area contributed by atoms with Gasteiger partial charge in [0.15, 0.2) is 0 Å². The van der Waals surface area contributed by atoms with Crippen molar-refractivity contribution in [2.45, 2.75) is 33.4 Å². The second-order valence-electron chi connectivity index (χ2n) is 4.71. The van der Waals surface area contributed by atoms with Gasteiger partial charge in [-0.05, 0) is 38.4 Å². The first-order valence-corrected chi connectivity index (χ1v) is 6.66. The molecular weight excluding hydrogens is 280 g/mol. The second-order valence-corrected chi connectivity index (χ2v) is 5.05. The highest BCUT2D eigenvalue weighted by Crippen LogP contribution is 2.18. The lowest BCUT2D eigenvalue weighted by Gasteiger charge is -2.17. The van der Waals surface area contributed by atoms with Gasteiger partial charge < -0.3 is 14.1 Å². The van der Waals surface area contributed by atoms with Crippen molar-refractivity contribution in [2.75, 3.05) is 11.9 Å². The van der Waals surface area contributed by atoms with E-state index in [1.54, 1.807) is 6.26 Å². The van der Waals surface area contributed by atoms with E-state index >= 15 is 0 Å². The van der Waals surface area contributed by atoms with Gasteiger partial charge in [0, 0.05) is 19.2 Å². The Morgan fingerprint density at radius 3 is 2.70 bits per heavy atom. The van der Waals surface area contributed by atoms with Crippen LogP contribution in [0.2, 0.25) is 5.28 Å². The number of aromatic nitrogens is 3. The third-order valence-electron chi connectivity index (χ3n) is 2.63. The molecule has 0 saturated carbocycles. The Morgan fingerprint density at radius 1 is 1.35 bits per heavy atom. The Kier molecular flexibility index (Phi) is 4.44. The molecule has 7 heteroatoms. The van der Waals surface area contributed by atoms with Gasteiger partial charge in [-0.2, -0.15) is 15.0 Å². The van der Waals surface area contributed by atoms with E-state index in [0.717, 1.165) is 11.3 Å². The highest BCUT2D eigenvalue weighted by molar-refractivity contribution is 6.28. The zero-order chi connectivity index (χ0) is 14.7. The number of aryl methyl sites for hydroxylation is 1. The minimum absolute atomic E-state index is 0.0252. The van der Waals surface area contributed by atoms with Crippen molar-refractivity contribution in [3.8, 4) is 6.01 Å². The highest BCUT2D eigenvalue weighted by Gasteiger charge is 2.13. The molecule has 0 spiro atoms. The van der Waals surface area contributed by atoms with Crippen LogP contribution < -0.4 is 9.64 Å². The van der Waals surface area contributed by atoms with Crippen LogP contribution in [0.5, 0.6) is 6.01 Å². The van der Waals surface area contributed by atoms with E-state index in [1.165, 1.54) is 0 Å². The fourth-order valence-corrected chi connectivity index (χ4v) is 1.81. The summed E-state index contributed by atoms with van der Waals surface area (Å²) in [7, 11) is 1.87. The summed E-state index contributed by atoms with van der Waals surface area (Å²) < 4.78 is 10.7. The number of rotatable bonds is 5. The zero-order valence-corrected chi connectivity index (χ0v) is 12.7. The van der Waals surface area contributed by atoms with E-state index in [4.69, 9.17) is 20.8 Å². The molecule has 6 nitrogen and oxygen atoms in total. The lowest BCUT2D eigenvalue weighted by molar-refractivity contribution is 0.221. The molecule has 0 atom stereocenters. The molecular formula is C13H17ClN4O2. The van der Waals surface area contributed by atoms with Crippen LogP contribution in [-0.2, 0) is 6.54 Å². The molecule has 2 rings (SSSR count). The normalized spacial score (nSPS) is 10.9. The molecule has 0 radical (unpaired) electrons. The first kappa shape index (κ1) is 14.6. The maximum atomic E-state index is 5.90. The predicted molar refractivity (Wildman–Crippen MR) is 76.2 cm³/mol. The molecule has 20 heavy (non-hydrogen) atoms. The van der Waals surface area contributed by atoms with E-state index in [9.17, 15) is 0 Å². The minimum atomic E-state index is -0.0252. The number of ether oxygens (including phenoxy) is 1. The molecule has 0 aliphatic rings. The molecule has 108 valence electrons. The van der Waals surface area contributed by atoms with Gasteiger partial charge in [0.1, 0.15) is 5.76 Å². The molecule has 0 N–H and O–H groups in total. The summed E-state index contributed by atoms with van der Waals surface area (Å²) in [5.74, 6) is 1.33. The summed E-state index contributed by atoms with van der Waals surface area (Å²) in [5.41, 5.74) is 1.07. The maximum absolute atomic E-state index is 5.90. The van der Waals surface area contributed by atoms with E-state index < -0.39 is 0 Å². The predicted octanol–water partition coefficient (Wildman–Crippen LogP) is 2.85. The topological polar surface area (TPSA) is 64.3 Å². The van der Waals surface area contributed by atoms with Crippen LogP contribution in [-0.4, -0.2) is 28.1 Å². The van der Waals surface area contributed by atoms with Gasteiger partial charge in [-0.3, -0.25) is 0 Å².